The number of rotatable bonds is 6. The van der Waals surface area contributed by atoms with Gasteiger partial charge >= 0.3 is 0 Å². The number of nitrogens with zero attached hydrogens (tertiary/aromatic N) is 1. The lowest BCUT2D eigenvalue weighted by molar-refractivity contribution is -0.122. The standard InChI is InChI=1S/C19H28N2O5S/c1-14(19(22)20-13-15-6-4-3-5-7-15)21(27(2,23)24)16-8-9-17-18(12-16)26-11-10-25-17/h8-9,12,14-15H,3-7,10-11,13H2,1-2H3,(H,20,22). The molecule has 0 aromatic heterocycles. The summed E-state index contributed by atoms with van der Waals surface area (Å²) in [6, 6.07) is 4.07. The Morgan fingerprint density at radius 1 is 1.19 bits per heavy atom. The Hall–Kier alpha value is -1.96. The number of benzene rings is 1. The van der Waals surface area contributed by atoms with E-state index in [1.54, 1.807) is 25.1 Å². The highest BCUT2D eigenvalue weighted by atomic mass is 32.2. The second kappa shape index (κ2) is 8.37. The lowest BCUT2D eigenvalue weighted by atomic mass is 9.89. The molecular weight excluding hydrogens is 368 g/mol. The fourth-order valence-corrected chi connectivity index (χ4v) is 4.93. The van der Waals surface area contributed by atoms with Gasteiger partial charge in [0.1, 0.15) is 19.3 Å². The molecule has 0 bridgehead atoms. The van der Waals surface area contributed by atoms with E-state index in [0.717, 1.165) is 23.4 Å². The van der Waals surface area contributed by atoms with E-state index in [2.05, 4.69) is 5.32 Å². The minimum absolute atomic E-state index is 0.291. The second-order valence-electron chi connectivity index (χ2n) is 7.31. The Balaban J connectivity index is 1.75. The summed E-state index contributed by atoms with van der Waals surface area (Å²) < 4.78 is 37.0. The molecule has 3 rings (SSSR count). The minimum Gasteiger partial charge on any atom is -0.486 e. The summed E-state index contributed by atoms with van der Waals surface area (Å²) in [5.74, 6) is 1.26. The maximum Gasteiger partial charge on any atom is 0.243 e. The number of fused-ring (bicyclic) bond motifs is 1. The van der Waals surface area contributed by atoms with Crippen LogP contribution in [0.15, 0.2) is 18.2 Å². The van der Waals surface area contributed by atoms with Crippen molar-refractivity contribution in [3.05, 3.63) is 18.2 Å². The van der Waals surface area contributed by atoms with E-state index in [9.17, 15) is 13.2 Å². The molecule has 1 unspecified atom stereocenters. The molecule has 1 heterocycles. The Kier molecular flexibility index (Phi) is 6.14. The van der Waals surface area contributed by atoms with Crippen molar-refractivity contribution in [2.75, 3.05) is 30.3 Å². The van der Waals surface area contributed by atoms with Gasteiger partial charge in [0.25, 0.3) is 0 Å². The molecule has 1 atom stereocenters. The average Bonchev–Trinajstić information content (AvgIpc) is 2.65. The number of hydrogen-bond donors (Lipinski definition) is 1. The molecule has 27 heavy (non-hydrogen) atoms. The molecule has 150 valence electrons. The van der Waals surface area contributed by atoms with Gasteiger partial charge in [0.05, 0.1) is 11.9 Å². The predicted molar refractivity (Wildman–Crippen MR) is 104 cm³/mol. The first-order valence-electron chi connectivity index (χ1n) is 9.53. The van der Waals surface area contributed by atoms with E-state index >= 15 is 0 Å². The number of nitrogens with one attached hydrogen (secondary N) is 1. The summed E-state index contributed by atoms with van der Waals surface area (Å²) in [5.41, 5.74) is 0.391. The van der Waals surface area contributed by atoms with Crippen LogP contribution < -0.4 is 19.1 Å². The van der Waals surface area contributed by atoms with Crippen molar-refractivity contribution in [2.45, 2.75) is 45.1 Å². The molecule has 0 radical (unpaired) electrons. The smallest absolute Gasteiger partial charge is 0.243 e. The molecular formula is C19H28N2O5S. The molecule has 1 fully saturated rings. The van der Waals surface area contributed by atoms with Crippen molar-refractivity contribution >= 4 is 21.6 Å². The highest BCUT2D eigenvalue weighted by Crippen LogP contribution is 2.35. The zero-order valence-corrected chi connectivity index (χ0v) is 16.8. The molecule has 1 saturated carbocycles. The summed E-state index contributed by atoms with van der Waals surface area (Å²) >= 11 is 0. The fourth-order valence-electron chi connectivity index (χ4n) is 3.76. The highest BCUT2D eigenvalue weighted by Gasteiger charge is 2.30. The lowest BCUT2D eigenvalue weighted by Crippen LogP contribution is -2.48. The monoisotopic (exact) mass is 396 g/mol. The SMILES string of the molecule is CC(C(=O)NCC1CCCCC1)N(c1ccc2c(c1)OCCO2)S(C)(=O)=O. The van der Waals surface area contributed by atoms with Crippen molar-refractivity contribution in [3.8, 4) is 11.5 Å². The van der Waals surface area contributed by atoms with Crippen LogP contribution in [0.1, 0.15) is 39.0 Å². The van der Waals surface area contributed by atoms with Gasteiger partial charge in [0.2, 0.25) is 15.9 Å². The molecule has 1 aromatic rings. The van der Waals surface area contributed by atoms with Gasteiger partial charge in [-0.2, -0.15) is 0 Å². The third kappa shape index (κ3) is 4.86. The fraction of sp³-hybridized carbons (Fsp3) is 0.632. The minimum atomic E-state index is -3.66. The Labute approximate surface area is 161 Å². The molecule has 2 aliphatic rings. The van der Waals surface area contributed by atoms with Crippen LogP contribution >= 0.6 is 0 Å². The topological polar surface area (TPSA) is 84.9 Å². The van der Waals surface area contributed by atoms with Crippen LogP contribution in [-0.2, 0) is 14.8 Å². The van der Waals surface area contributed by atoms with Crippen LogP contribution in [0, 0.1) is 5.92 Å². The zero-order chi connectivity index (χ0) is 19.4. The van der Waals surface area contributed by atoms with Crippen molar-refractivity contribution in [1.29, 1.82) is 0 Å². The lowest BCUT2D eigenvalue weighted by Gasteiger charge is -2.30. The number of hydrogen-bond acceptors (Lipinski definition) is 5. The molecule has 1 aliphatic carbocycles. The molecule has 1 aromatic carbocycles. The predicted octanol–water partition coefficient (Wildman–Crippen LogP) is 2.31. The number of anilines is 1. The zero-order valence-electron chi connectivity index (χ0n) is 15.9. The first kappa shape index (κ1) is 19.8. The summed E-state index contributed by atoms with van der Waals surface area (Å²) in [6.45, 7) is 3.07. The molecule has 1 amide bonds. The molecule has 1 N–H and O–H groups in total. The molecule has 7 nitrogen and oxygen atoms in total. The Morgan fingerprint density at radius 3 is 2.52 bits per heavy atom. The van der Waals surface area contributed by atoms with E-state index in [1.807, 2.05) is 0 Å². The molecule has 0 spiro atoms. The number of carbonyl (C=O) groups is 1. The van der Waals surface area contributed by atoms with E-state index in [-0.39, 0.29) is 5.91 Å². The Morgan fingerprint density at radius 2 is 1.85 bits per heavy atom. The molecule has 0 saturated heterocycles. The van der Waals surface area contributed by atoms with Gasteiger partial charge in [-0.15, -0.1) is 0 Å². The number of amides is 1. The number of sulfonamides is 1. The highest BCUT2D eigenvalue weighted by molar-refractivity contribution is 7.92. The van der Waals surface area contributed by atoms with Crippen LogP contribution in [0.2, 0.25) is 0 Å². The van der Waals surface area contributed by atoms with E-state index in [4.69, 9.17) is 9.47 Å². The largest absolute Gasteiger partial charge is 0.486 e. The van der Waals surface area contributed by atoms with Gasteiger partial charge in [-0.1, -0.05) is 19.3 Å². The second-order valence-corrected chi connectivity index (χ2v) is 9.17. The first-order valence-corrected chi connectivity index (χ1v) is 11.4. The van der Waals surface area contributed by atoms with Gasteiger partial charge in [-0.25, -0.2) is 8.42 Å². The van der Waals surface area contributed by atoms with Crippen LogP contribution in [0.4, 0.5) is 5.69 Å². The summed E-state index contributed by atoms with van der Waals surface area (Å²) in [6.07, 6.45) is 6.99. The third-order valence-electron chi connectivity index (χ3n) is 5.16. The van der Waals surface area contributed by atoms with Crippen LogP contribution in [0.5, 0.6) is 11.5 Å². The van der Waals surface area contributed by atoms with E-state index in [0.29, 0.717) is 42.9 Å². The quantitative estimate of drug-likeness (QED) is 0.798. The maximum atomic E-state index is 12.7. The van der Waals surface area contributed by atoms with Gasteiger partial charge in [-0.05, 0) is 37.8 Å². The molecule has 1 aliphatic heterocycles. The van der Waals surface area contributed by atoms with Crippen molar-refractivity contribution in [3.63, 3.8) is 0 Å². The van der Waals surface area contributed by atoms with Gasteiger partial charge in [-0.3, -0.25) is 9.10 Å². The summed E-state index contributed by atoms with van der Waals surface area (Å²) in [5, 5.41) is 2.94. The van der Waals surface area contributed by atoms with Gasteiger partial charge < -0.3 is 14.8 Å². The van der Waals surface area contributed by atoms with Gasteiger partial charge in [0, 0.05) is 12.6 Å². The first-order chi connectivity index (χ1) is 12.9. The van der Waals surface area contributed by atoms with Crippen molar-refractivity contribution in [2.24, 2.45) is 5.92 Å². The normalized spacial score (nSPS) is 18.6. The average molecular weight is 397 g/mol. The summed E-state index contributed by atoms with van der Waals surface area (Å²) in [4.78, 5) is 12.7. The number of ether oxygens (including phenoxy) is 2. The molecule has 8 heteroatoms. The Bertz CT molecular complexity index is 774. The van der Waals surface area contributed by atoms with Gasteiger partial charge in [0.15, 0.2) is 11.5 Å². The van der Waals surface area contributed by atoms with E-state index in [1.165, 1.54) is 19.3 Å². The van der Waals surface area contributed by atoms with Crippen molar-refractivity contribution < 1.29 is 22.7 Å². The maximum absolute atomic E-state index is 12.7. The van der Waals surface area contributed by atoms with Crippen LogP contribution in [0.3, 0.4) is 0 Å². The van der Waals surface area contributed by atoms with E-state index < -0.39 is 16.1 Å². The van der Waals surface area contributed by atoms with Crippen LogP contribution in [-0.4, -0.2) is 46.4 Å². The number of carbonyl (C=O) groups excluding carboxylic acids is 1. The van der Waals surface area contributed by atoms with Crippen molar-refractivity contribution in [1.82, 2.24) is 5.32 Å². The van der Waals surface area contributed by atoms with Crippen LogP contribution in [0.25, 0.3) is 0 Å². The third-order valence-corrected chi connectivity index (χ3v) is 6.40. The summed E-state index contributed by atoms with van der Waals surface area (Å²) in [7, 11) is -3.66.